The highest BCUT2D eigenvalue weighted by atomic mass is 16.6. The zero-order valence-electron chi connectivity index (χ0n) is 33.2. The second kappa shape index (κ2) is 41.5. The van der Waals surface area contributed by atoms with Crippen LogP contribution in [0.15, 0.2) is 36.5 Å². The molecule has 50 heavy (non-hydrogen) atoms. The van der Waals surface area contributed by atoms with Gasteiger partial charge in [0.05, 0.1) is 6.61 Å². The summed E-state index contributed by atoms with van der Waals surface area (Å²) in [7, 11) is 0. The molecular weight excluding hydrogens is 620 g/mol. The maximum absolute atomic E-state index is 12.2. The molecule has 0 amide bonds. The Morgan fingerprint density at radius 3 is 1.24 bits per heavy atom. The Hall–Kier alpha value is -1.88. The summed E-state index contributed by atoms with van der Waals surface area (Å²) in [4.78, 5) is 24.3. The Morgan fingerprint density at radius 2 is 0.800 bits per heavy atom. The van der Waals surface area contributed by atoms with Gasteiger partial charge in [0.15, 0.2) is 6.10 Å². The first-order chi connectivity index (χ1) is 24.6. The van der Waals surface area contributed by atoms with Crippen LogP contribution in [-0.4, -0.2) is 36.4 Å². The molecule has 1 unspecified atom stereocenters. The lowest BCUT2D eigenvalue weighted by atomic mass is 10.1. The van der Waals surface area contributed by atoms with Gasteiger partial charge in [0.25, 0.3) is 0 Å². The summed E-state index contributed by atoms with van der Waals surface area (Å²) in [6.07, 6.45) is 50.7. The maximum atomic E-state index is 12.2. The fraction of sp³-hybridized carbons (Fsp3) is 0.822. The molecule has 0 aliphatic carbocycles. The highest BCUT2D eigenvalue weighted by Gasteiger charge is 2.16. The van der Waals surface area contributed by atoms with Gasteiger partial charge in [-0.15, -0.1) is 0 Å². The first-order valence-corrected chi connectivity index (χ1v) is 21.5. The number of allylic oxidation sites excluding steroid dienone is 6. The fourth-order valence-electron chi connectivity index (χ4n) is 6.11. The molecule has 0 bridgehead atoms. The Balaban J connectivity index is 3.53. The first-order valence-electron chi connectivity index (χ1n) is 21.5. The summed E-state index contributed by atoms with van der Waals surface area (Å²) in [5.41, 5.74) is 0. The molecule has 0 heterocycles. The van der Waals surface area contributed by atoms with Crippen molar-refractivity contribution in [1.82, 2.24) is 0 Å². The van der Waals surface area contributed by atoms with Gasteiger partial charge in [-0.25, -0.2) is 0 Å². The Kier molecular flexibility index (Phi) is 40.0. The Morgan fingerprint density at radius 1 is 0.460 bits per heavy atom. The summed E-state index contributed by atoms with van der Waals surface area (Å²) >= 11 is 0. The molecule has 0 radical (unpaired) electrons. The van der Waals surface area contributed by atoms with Gasteiger partial charge in [-0.3, -0.25) is 9.59 Å². The van der Waals surface area contributed by atoms with Gasteiger partial charge in [0, 0.05) is 12.8 Å². The molecule has 0 saturated carbocycles. The highest BCUT2D eigenvalue weighted by molar-refractivity contribution is 5.70. The lowest BCUT2D eigenvalue weighted by Gasteiger charge is -2.15. The van der Waals surface area contributed by atoms with Crippen molar-refractivity contribution in [2.24, 2.45) is 0 Å². The highest BCUT2D eigenvalue weighted by Crippen LogP contribution is 2.14. The lowest BCUT2D eigenvalue weighted by Crippen LogP contribution is -2.28. The maximum Gasteiger partial charge on any atom is 0.306 e. The van der Waals surface area contributed by atoms with Gasteiger partial charge < -0.3 is 14.6 Å². The fourth-order valence-corrected chi connectivity index (χ4v) is 6.11. The van der Waals surface area contributed by atoms with E-state index in [4.69, 9.17) is 9.47 Å². The molecule has 0 rings (SSSR count). The number of hydrogen-bond acceptors (Lipinski definition) is 5. The molecule has 5 heteroatoms. The van der Waals surface area contributed by atoms with E-state index in [-0.39, 0.29) is 25.2 Å². The minimum Gasteiger partial charge on any atom is -0.462 e. The van der Waals surface area contributed by atoms with Crippen LogP contribution in [0.2, 0.25) is 0 Å². The number of carbonyl (C=O) groups is 2. The third-order valence-corrected chi connectivity index (χ3v) is 9.41. The number of carbonyl (C=O) groups excluding carboxylic acids is 2. The van der Waals surface area contributed by atoms with Crippen molar-refractivity contribution in [2.75, 3.05) is 13.2 Å². The summed E-state index contributed by atoms with van der Waals surface area (Å²) < 4.78 is 10.6. The largest absolute Gasteiger partial charge is 0.462 e. The molecule has 292 valence electrons. The van der Waals surface area contributed by atoms with Crippen molar-refractivity contribution < 1.29 is 24.2 Å². The Bertz CT molecular complexity index is 801. The van der Waals surface area contributed by atoms with Crippen LogP contribution >= 0.6 is 0 Å². The average Bonchev–Trinajstić information content (AvgIpc) is 3.12. The van der Waals surface area contributed by atoms with Crippen LogP contribution < -0.4 is 0 Å². The molecule has 0 aromatic carbocycles. The van der Waals surface area contributed by atoms with Crippen molar-refractivity contribution in [2.45, 2.75) is 225 Å². The minimum absolute atomic E-state index is 0.0711. The van der Waals surface area contributed by atoms with Crippen LogP contribution in [0, 0.1) is 0 Å². The van der Waals surface area contributed by atoms with E-state index in [1.165, 1.54) is 141 Å². The van der Waals surface area contributed by atoms with Gasteiger partial charge in [-0.2, -0.15) is 0 Å². The van der Waals surface area contributed by atoms with Crippen molar-refractivity contribution >= 4 is 11.9 Å². The van der Waals surface area contributed by atoms with Crippen molar-refractivity contribution in [3.63, 3.8) is 0 Å². The van der Waals surface area contributed by atoms with E-state index in [1.54, 1.807) is 0 Å². The number of aliphatic hydroxyl groups excluding tert-OH is 1. The number of esters is 2. The third kappa shape index (κ3) is 38.9. The summed E-state index contributed by atoms with van der Waals surface area (Å²) in [5.74, 6) is -0.605. The Labute approximate surface area is 310 Å². The van der Waals surface area contributed by atoms with Crippen LogP contribution in [0.25, 0.3) is 0 Å². The molecule has 0 aromatic heterocycles. The van der Waals surface area contributed by atoms with E-state index in [2.05, 4.69) is 50.3 Å². The standard InChI is InChI=1S/C45H82O5/c1-3-5-7-9-11-13-15-17-19-20-21-22-23-24-26-27-29-31-33-35-37-39-44(47)49-42-43(41-46)50-45(48)40-38-36-34-32-30-28-25-18-16-14-12-10-8-6-4-2/h12,14,18,20-21,25,43,46H,3-11,13,15-17,19,22-24,26-42H2,1-2H3/b14-12-,21-20-,25-18-. The monoisotopic (exact) mass is 703 g/mol. The summed E-state index contributed by atoms with van der Waals surface area (Å²) in [6.45, 7) is 4.11. The smallest absolute Gasteiger partial charge is 0.306 e. The van der Waals surface area contributed by atoms with E-state index in [1.807, 2.05) is 0 Å². The van der Waals surface area contributed by atoms with Crippen LogP contribution in [0.5, 0.6) is 0 Å². The molecule has 0 aliphatic rings. The second-order valence-corrected chi connectivity index (χ2v) is 14.4. The molecule has 1 atom stereocenters. The van der Waals surface area contributed by atoms with Gasteiger partial charge in [0.2, 0.25) is 0 Å². The average molecular weight is 703 g/mol. The van der Waals surface area contributed by atoms with E-state index in [0.29, 0.717) is 12.8 Å². The molecule has 5 nitrogen and oxygen atoms in total. The predicted molar refractivity (Wildman–Crippen MR) is 214 cm³/mol. The normalized spacial score (nSPS) is 12.5. The molecule has 1 N–H and O–H groups in total. The van der Waals surface area contributed by atoms with Crippen LogP contribution in [-0.2, 0) is 19.1 Å². The quantitative estimate of drug-likeness (QED) is 0.0392. The van der Waals surface area contributed by atoms with E-state index < -0.39 is 6.10 Å². The van der Waals surface area contributed by atoms with Gasteiger partial charge in [0.1, 0.15) is 6.61 Å². The van der Waals surface area contributed by atoms with Crippen LogP contribution in [0.1, 0.15) is 219 Å². The van der Waals surface area contributed by atoms with E-state index in [0.717, 1.165) is 51.4 Å². The topological polar surface area (TPSA) is 72.8 Å². The molecule has 0 aromatic rings. The summed E-state index contributed by atoms with van der Waals surface area (Å²) in [6, 6.07) is 0. The van der Waals surface area contributed by atoms with Crippen molar-refractivity contribution in [3.05, 3.63) is 36.5 Å². The first kappa shape index (κ1) is 48.1. The van der Waals surface area contributed by atoms with Gasteiger partial charge >= 0.3 is 11.9 Å². The van der Waals surface area contributed by atoms with Gasteiger partial charge in [-0.05, 0) is 70.6 Å². The van der Waals surface area contributed by atoms with Crippen LogP contribution in [0.3, 0.4) is 0 Å². The number of rotatable bonds is 39. The molecule has 0 fully saturated rings. The lowest BCUT2D eigenvalue weighted by molar-refractivity contribution is -0.161. The molecule has 0 spiro atoms. The molecule has 0 aliphatic heterocycles. The second-order valence-electron chi connectivity index (χ2n) is 14.4. The van der Waals surface area contributed by atoms with E-state index >= 15 is 0 Å². The molecule has 0 saturated heterocycles. The van der Waals surface area contributed by atoms with E-state index in [9.17, 15) is 14.7 Å². The predicted octanol–water partition coefficient (Wildman–Crippen LogP) is 13.6. The van der Waals surface area contributed by atoms with Crippen molar-refractivity contribution in [1.29, 1.82) is 0 Å². The number of aliphatic hydroxyl groups is 1. The number of unbranched alkanes of at least 4 members (excludes halogenated alkanes) is 25. The third-order valence-electron chi connectivity index (χ3n) is 9.41. The van der Waals surface area contributed by atoms with Crippen LogP contribution in [0.4, 0.5) is 0 Å². The van der Waals surface area contributed by atoms with Gasteiger partial charge in [-0.1, -0.05) is 172 Å². The molecular formula is C45H82O5. The van der Waals surface area contributed by atoms with Crippen molar-refractivity contribution in [3.8, 4) is 0 Å². The zero-order chi connectivity index (χ0) is 36.4. The zero-order valence-corrected chi connectivity index (χ0v) is 33.2. The minimum atomic E-state index is -0.778. The summed E-state index contributed by atoms with van der Waals surface area (Å²) in [5, 5.41) is 9.57. The number of ether oxygens (including phenoxy) is 2. The number of hydrogen-bond donors (Lipinski definition) is 1. The SMILES string of the molecule is CCCCC/C=C\C/C=C\CCCCCCCC(=O)OC(CO)COC(=O)CCCCCCCCCCC/C=C\CCCCCCCCCC.